The second kappa shape index (κ2) is 26.7. The minimum atomic E-state index is -0.592. The molecule has 7 nitrogen and oxygen atoms in total. The van der Waals surface area contributed by atoms with Crippen LogP contribution in [0.5, 0.6) is 0 Å². The second-order valence-electron chi connectivity index (χ2n) is 16.7. The molecule has 3 fully saturated rings. The maximum atomic E-state index is 11.8. The van der Waals surface area contributed by atoms with Crippen molar-refractivity contribution >= 4 is 29.5 Å². The van der Waals surface area contributed by atoms with E-state index in [0.29, 0.717) is 24.1 Å². The first-order valence-electron chi connectivity index (χ1n) is 22.4. The number of hydrogen-bond donors (Lipinski definition) is 0. The number of nitrogens with zero attached hydrogens (tertiary/aromatic N) is 4. The van der Waals surface area contributed by atoms with E-state index < -0.39 is 5.91 Å². The maximum Gasteiger partial charge on any atom is 0.0798 e. The first kappa shape index (κ1) is 50.7. The van der Waals surface area contributed by atoms with Gasteiger partial charge in [0.15, 0.2) is 0 Å². The molecule has 63 heavy (non-hydrogen) atoms. The van der Waals surface area contributed by atoms with Crippen molar-refractivity contribution < 1.29 is 35.7 Å². The SMILES string of the molecule is COCc1ccccc1N1CCN(c2c(C)cc(C)cc2C)C1=[N-].[CH2-]c1ccccc1.[CH2-]c1ccccc1.[NH-]C(=O)c1ccccc1C([C-]=NC1CCCCC1)C1CCCCC1.[Zr]. The molecule has 1 unspecified atom stereocenters. The Bertz CT molecular complexity index is 2100. The fraction of sp³-hybridized carbons (Fsp3) is 0.364. The van der Waals surface area contributed by atoms with E-state index in [1.165, 1.54) is 80.9 Å². The number of guanidine groups is 1. The molecular formula is C55H66N5O2Zr-5. The maximum absolute atomic E-state index is 11.8. The summed E-state index contributed by atoms with van der Waals surface area (Å²) in [5, 5.41) is 10.9. The van der Waals surface area contributed by atoms with Crippen LogP contribution in [0.3, 0.4) is 0 Å². The molecule has 0 aromatic heterocycles. The number of ether oxygens (including phenoxy) is 1. The normalized spacial score (nSPS) is 15.8. The Kier molecular flexibility index (Phi) is 21.5. The minimum absolute atomic E-state index is 0. The second-order valence-corrected chi connectivity index (χ2v) is 16.7. The Morgan fingerprint density at radius 2 is 1.25 bits per heavy atom. The summed E-state index contributed by atoms with van der Waals surface area (Å²) >= 11 is 0. The molecule has 8 rings (SSSR count). The number of aliphatic imine (C=N–C) groups is 1. The first-order chi connectivity index (χ1) is 30.1. The average molecular weight is 920 g/mol. The summed E-state index contributed by atoms with van der Waals surface area (Å²) in [6.45, 7) is 15.8. The molecule has 3 aliphatic rings. The van der Waals surface area contributed by atoms with Crippen LogP contribution in [0.25, 0.3) is 11.1 Å². The number of aryl methyl sites for hydroxylation is 3. The average Bonchev–Trinajstić information content (AvgIpc) is 3.65. The monoisotopic (exact) mass is 918 g/mol. The summed E-state index contributed by atoms with van der Waals surface area (Å²) in [6, 6.07) is 40.1. The Labute approximate surface area is 398 Å². The van der Waals surface area contributed by atoms with Crippen LogP contribution in [-0.2, 0) is 37.5 Å². The van der Waals surface area contributed by atoms with Crippen molar-refractivity contribution in [2.45, 2.75) is 104 Å². The number of carbonyl (C=O) groups is 1. The minimum Gasteiger partial charge on any atom is -0.664 e. The fourth-order valence-electron chi connectivity index (χ4n) is 8.86. The van der Waals surface area contributed by atoms with Crippen LogP contribution in [-0.4, -0.2) is 44.3 Å². The van der Waals surface area contributed by atoms with Crippen LogP contribution in [0.15, 0.2) is 126 Å². The summed E-state index contributed by atoms with van der Waals surface area (Å²) in [7, 11) is 1.69. The number of para-hydroxylation sites is 1. The summed E-state index contributed by atoms with van der Waals surface area (Å²) in [4.78, 5) is 20.6. The third-order valence-electron chi connectivity index (χ3n) is 11.8. The van der Waals surface area contributed by atoms with Crippen molar-refractivity contribution in [1.29, 1.82) is 0 Å². The molecule has 5 aromatic rings. The molecule has 2 saturated carbocycles. The molecule has 1 atom stereocenters. The molecule has 1 aliphatic heterocycles. The van der Waals surface area contributed by atoms with Gasteiger partial charge in [0.1, 0.15) is 0 Å². The third-order valence-corrected chi connectivity index (χ3v) is 11.8. The summed E-state index contributed by atoms with van der Waals surface area (Å²) in [5.74, 6) is 0.267. The van der Waals surface area contributed by atoms with Gasteiger partial charge in [-0.05, 0) is 80.3 Å². The van der Waals surface area contributed by atoms with Gasteiger partial charge < -0.3 is 41.7 Å². The number of anilines is 2. The molecule has 0 radical (unpaired) electrons. The van der Waals surface area contributed by atoms with Crippen molar-refractivity contribution in [3.05, 3.63) is 191 Å². The van der Waals surface area contributed by atoms with E-state index in [0.717, 1.165) is 46.7 Å². The van der Waals surface area contributed by atoms with E-state index in [1.807, 2.05) is 113 Å². The zero-order valence-electron chi connectivity index (χ0n) is 38.0. The number of methoxy groups -OCH3 is 1. The summed E-state index contributed by atoms with van der Waals surface area (Å²) in [6.07, 6.45) is 15.8. The standard InChI is InChI=1S/C21H29N2O.C20H24N3O.2C7H7.Zr/c22-21(24)19-14-8-7-13-18(19)20(16-9-3-1-4-10-16)15-23-17-11-5-2-6-12-17;1-14-11-15(2)19(16(3)12-14)23-10-9-22(20(23)21)18-8-6-5-7-17(18)13-24-4;2*1-7-5-3-2-4-6-7;/h7-8,13-14,16-17,20H,1-6,9-12H2,(H2,22,24);5-8,11-12H,9-10,13H2,1-4H3;2*2-6H,1H2;/q4*-1;/p-1. The molecule has 0 spiro atoms. The number of rotatable bonds is 9. The van der Waals surface area contributed by atoms with E-state index >= 15 is 0 Å². The predicted molar refractivity (Wildman–Crippen MR) is 261 cm³/mol. The smallest absolute Gasteiger partial charge is 0.0798 e. The molecule has 8 heteroatoms. The molecule has 1 saturated heterocycles. The van der Waals surface area contributed by atoms with Crippen molar-refractivity contribution in [3.63, 3.8) is 0 Å². The first-order valence-corrected chi connectivity index (χ1v) is 22.4. The molecule has 332 valence electrons. The molecule has 1 N–H and O–H groups in total. The van der Waals surface area contributed by atoms with Gasteiger partial charge in [-0.15, -0.1) is 30.2 Å². The Hall–Kier alpha value is -4.91. The van der Waals surface area contributed by atoms with Gasteiger partial charge in [0.25, 0.3) is 0 Å². The van der Waals surface area contributed by atoms with Gasteiger partial charge in [-0.3, -0.25) is 0 Å². The molecule has 5 aromatic carbocycles. The molecule has 1 amide bonds. The predicted octanol–water partition coefficient (Wildman–Crippen LogP) is 13.6. The van der Waals surface area contributed by atoms with Gasteiger partial charge in [0.2, 0.25) is 0 Å². The number of benzene rings is 5. The fourth-order valence-corrected chi connectivity index (χ4v) is 8.86. The van der Waals surface area contributed by atoms with E-state index in [2.05, 4.69) is 53.0 Å². The van der Waals surface area contributed by atoms with E-state index in [4.69, 9.17) is 15.5 Å². The van der Waals surface area contributed by atoms with Crippen LogP contribution in [0.4, 0.5) is 11.4 Å². The summed E-state index contributed by atoms with van der Waals surface area (Å²) < 4.78 is 5.30. The van der Waals surface area contributed by atoms with E-state index in [9.17, 15) is 10.2 Å². The van der Waals surface area contributed by atoms with Crippen LogP contribution in [0.1, 0.15) is 119 Å². The largest absolute Gasteiger partial charge is 0.664 e. The van der Waals surface area contributed by atoms with Gasteiger partial charge in [-0.2, -0.15) is 49.2 Å². The zero-order chi connectivity index (χ0) is 44.3. The van der Waals surface area contributed by atoms with Crippen molar-refractivity contribution in [2.24, 2.45) is 10.9 Å². The molecule has 2 aliphatic carbocycles. The van der Waals surface area contributed by atoms with Gasteiger partial charge in [0, 0.05) is 45.3 Å². The van der Waals surface area contributed by atoms with Gasteiger partial charge in [-0.1, -0.05) is 141 Å². The Balaban J connectivity index is 0.000000209. The molecule has 0 bridgehead atoms. The topological polar surface area (TPSA) is 91.2 Å². The quantitative estimate of drug-likeness (QED) is 0.109. The molecule has 1 heterocycles. The number of nitrogens with one attached hydrogen (secondary N) is 1. The van der Waals surface area contributed by atoms with Crippen molar-refractivity contribution in [3.8, 4) is 0 Å². The van der Waals surface area contributed by atoms with Crippen LogP contribution in [0.2, 0.25) is 0 Å². The number of hydrogen-bond acceptors (Lipinski definition) is 3. The van der Waals surface area contributed by atoms with E-state index in [-0.39, 0.29) is 38.1 Å². The van der Waals surface area contributed by atoms with Gasteiger partial charge in [0.05, 0.1) is 12.5 Å². The van der Waals surface area contributed by atoms with Gasteiger partial charge in [-0.25, -0.2) is 0 Å². The summed E-state index contributed by atoms with van der Waals surface area (Å²) in [5.41, 5.74) is 18.0. The third kappa shape index (κ3) is 15.4. The number of carbonyl (C=O) groups excluding carboxylic acids is 1. The Morgan fingerprint density at radius 1 is 0.746 bits per heavy atom. The number of amides is 1. The van der Waals surface area contributed by atoms with Crippen LogP contribution < -0.4 is 9.80 Å². The van der Waals surface area contributed by atoms with Crippen molar-refractivity contribution in [2.75, 3.05) is 30.0 Å². The van der Waals surface area contributed by atoms with E-state index in [1.54, 1.807) is 13.2 Å². The Morgan fingerprint density at radius 3 is 1.79 bits per heavy atom. The zero-order valence-corrected chi connectivity index (χ0v) is 40.4. The molecular weight excluding hydrogens is 854 g/mol. The van der Waals surface area contributed by atoms with Gasteiger partial charge >= 0.3 is 0 Å². The van der Waals surface area contributed by atoms with Crippen molar-refractivity contribution in [1.82, 2.24) is 0 Å². The van der Waals surface area contributed by atoms with Crippen LogP contribution >= 0.6 is 0 Å². The van der Waals surface area contributed by atoms with Crippen LogP contribution in [0, 0.1) is 40.5 Å².